The molecule has 6 heteroatoms. The Morgan fingerprint density at radius 1 is 1.32 bits per heavy atom. The third-order valence-electron chi connectivity index (χ3n) is 4.89. The fraction of sp³-hybridized carbons (Fsp3) is 0.368. The van der Waals surface area contributed by atoms with Crippen molar-refractivity contribution in [2.24, 2.45) is 10.7 Å². The molecule has 2 N–H and O–H groups in total. The van der Waals surface area contributed by atoms with Crippen LogP contribution in [0.3, 0.4) is 0 Å². The van der Waals surface area contributed by atoms with Gasteiger partial charge in [0.2, 0.25) is 5.91 Å². The molecule has 25 heavy (non-hydrogen) atoms. The van der Waals surface area contributed by atoms with Gasteiger partial charge < -0.3 is 5.73 Å². The molecule has 1 aliphatic heterocycles. The number of amides is 1. The highest BCUT2D eigenvalue weighted by Gasteiger charge is 2.47. The average Bonchev–Trinajstić information content (AvgIpc) is 3.00. The zero-order valence-electron chi connectivity index (χ0n) is 15.0. The molecule has 0 spiro atoms. The molecule has 0 saturated heterocycles. The number of guanidine groups is 1. The maximum Gasteiger partial charge on any atom is 0.239 e. The first-order chi connectivity index (χ1) is 11.7. The second-order valence-electron chi connectivity index (χ2n) is 7.01. The number of carbonyl (C=O) groups is 1. The predicted molar refractivity (Wildman–Crippen MR) is 105 cm³/mol. The summed E-state index contributed by atoms with van der Waals surface area (Å²) in [5.74, 6) is 0.175. The summed E-state index contributed by atoms with van der Waals surface area (Å²) in [6.07, 6.45) is 0. The molecular formula is C19H22BN3OS. The van der Waals surface area contributed by atoms with E-state index in [0.29, 0.717) is 11.4 Å². The van der Waals surface area contributed by atoms with Crippen LogP contribution in [0.1, 0.15) is 48.6 Å². The molecule has 2 radical (unpaired) electrons. The minimum absolute atomic E-state index is 0.0562. The molecule has 0 bridgehead atoms. The van der Waals surface area contributed by atoms with E-state index in [0.717, 1.165) is 10.4 Å². The first-order valence-corrected chi connectivity index (χ1v) is 9.19. The molecule has 0 fully saturated rings. The summed E-state index contributed by atoms with van der Waals surface area (Å²) < 4.78 is 0. The number of hydrogen-bond donors (Lipinski definition) is 1. The predicted octanol–water partition coefficient (Wildman–Crippen LogP) is 2.45. The normalized spacial score (nSPS) is 23.9. The van der Waals surface area contributed by atoms with Crippen LogP contribution in [-0.2, 0) is 10.3 Å². The van der Waals surface area contributed by atoms with E-state index >= 15 is 0 Å². The van der Waals surface area contributed by atoms with Crippen molar-refractivity contribution in [1.82, 2.24) is 4.90 Å². The molecule has 3 rings (SSSR count). The Morgan fingerprint density at radius 3 is 2.48 bits per heavy atom. The molecule has 1 amide bonds. The summed E-state index contributed by atoms with van der Waals surface area (Å²) in [6, 6.07) is 10.1. The van der Waals surface area contributed by atoms with Crippen LogP contribution in [0.25, 0.3) is 0 Å². The van der Waals surface area contributed by atoms with Crippen LogP contribution in [0.15, 0.2) is 40.7 Å². The molecule has 1 aromatic carbocycles. The molecule has 2 atom stereocenters. The highest BCUT2D eigenvalue weighted by molar-refractivity contribution is 7.11. The third-order valence-corrected chi connectivity index (χ3v) is 6.06. The lowest BCUT2D eigenvalue weighted by Crippen LogP contribution is -2.52. The van der Waals surface area contributed by atoms with Crippen LogP contribution in [-0.4, -0.2) is 31.7 Å². The summed E-state index contributed by atoms with van der Waals surface area (Å²) >= 11 is 1.51. The van der Waals surface area contributed by atoms with Gasteiger partial charge >= 0.3 is 0 Å². The standard InChI is InChI=1S/C19H22BN3OS/c1-11(2)12-5-7-13(8-6-12)16-17(24)23(4)18(21)22-19(16,3)15-9-14(20)10-25-15/h5-11,16H,1-4H3,(H2,21,22)/t16-,19+/m0/s1. The number of rotatable bonds is 3. The Labute approximate surface area is 154 Å². The highest BCUT2D eigenvalue weighted by Crippen LogP contribution is 2.45. The number of benzene rings is 1. The van der Waals surface area contributed by atoms with Crippen molar-refractivity contribution in [2.75, 3.05) is 7.05 Å². The van der Waals surface area contributed by atoms with Crippen LogP contribution in [0.4, 0.5) is 0 Å². The van der Waals surface area contributed by atoms with Gasteiger partial charge in [-0.2, -0.15) is 0 Å². The van der Waals surface area contributed by atoms with Crippen LogP contribution < -0.4 is 11.2 Å². The van der Waals surface area contributed by atoms with E-state index in [-0.39, 0.29) is 11.9 Å². The van der Waals surface area contributed by atoms with E-state index in [9.17, 15) is 4.79 Å². The van der Waals surface area contributed by atoms with Crippen molar-refractivity contribution in [3.63, 3.8) is 0 Å². The Kier molecular flexibility index (Phi) is 4.50. The maximum atomic E-state index is 13.1. The molecule has 0 aliphatic carbocycles. The van der Waals surface area contributed by atoms with Gasteiger partial charge in [0.25, 0.3) is 0 Å². The summed E-state index contributed by atoms with van der Waals surface area (Å²) in [5, 5.41) is 1.87. The number of aliphatic imine (C=N–C) groups is 1. The summed E-state index contributed by atoms with van der Waals surface area (Å²) in [6.45, 7) is 6.26. The van der Waals surface area contributed by atoms with Crippen molar-refractivity contribution in [3.8, 4) is 0 Å². The Hall–Kier alpha value is -2.08. The van der Waals surface area contributed by atoms with Crippen LogP contribution in [0.2, 0.25) is 0 Å². The third kappa shape index (κ3) is 2.99. The van der Waals surface area contributed by atoms with Gasteiger partial charge in [0.05, 0.1) is 5.92 Å². The molecule has 1 aliphatic rings. The van der Waals surface area contributed by atoms with Crippen molar-refractivity contribution in [3.05, 3.63) is 51.7 Å². The van der Waals surface area contributed by atoms with E-state index in [1.807, 2.05) is 30.5 Å². The lowest BCUT2D eigenvalue weighted by atomic mass is 9.77. The fourth-order valence-corrected chi connectivity index (χ4v) is 4.22. The number of thiophene rings is 1. The number of carbonyl (C=O) groups excluding carboxylic acids is 1. The fourth-order valence-electron chi connectivity index (χ4n) is 3.28. The average molecular weight is 351 g/mol. The first kappa shape index (κ1) is 17.7. The second-order valence-corrected chi connectivity index (χ2v) is 7.92. The number of nitrogens with two attached hydrogens (primary N) is 1. The highest BCUT2D eigenvalue weighted by atomic mass is 32.1. The Morgan fingerprint density at radius 2 is 1.96 bits per heavy atom. The van der Waals surface area contributed by atoms with Crippen molar-refractivity contribution >= 4 is 36.5 Å². The van der Waals surface area contributed by atoms with Gasteiger partial charge in [-0.1, -0.05) is 49.6 Å². The lowest BCUT2D eigenvalue weighted by Gasteiger charge is -2.40. The van der Waals surface area contributed by atoms with Gasteiger partial charge in [0, 0.05) is 11.9 Å². The van der Waals surface area contributed by atoms with Gasteiger partial charge in [-0.05, 0) is 29.3 Å². The molecule has 2 heterocycles. The molecule has 0 saturated carbocycles. The van der Waals surface area contributed by atoms with Crippen molar-refractivity contribution in [1.29, 1.82) is 0 Å². The van der Waals surface area contributed by atoms with E-state index in [1.165, 1.54) is 21.8 Å². The molecule has 0 unspecified atom stereocenters. The van der Waals surface area contributed by atoms with Gasteiger partial charge in [-0.15, -0.1) is 11.3 Å². The first-order valence-electron chi connectivity index (χ1n) is 8.31. The maximum absolute atomic E-state index is 13.1. The zero-order valence-corrected chi connectivity index (χ0v) is 15.8. The zero-order chi connectivity index (χ0) is 18.4. The van der Waals surface area contributed by atoms with Crippen LogP contribution in [0, 0.1) is 0 Å². The molecule has 2 aromatic rings. The quantitative estimate of drug-likeness (QED) is 0.864. The molecule has 1 aromatic heterocycles. The summed E-state index contributed by atoms with van der Waals surface area (Å²) in [5.41, 5.74) is 8.11. The van der Waals surface area contributed by atoms with Gasteiger partial charge in [-0.25, -0.2) is 4.99 Å². The number of nitrogens with zero attached hydrogens (tertiary/aromatic N) is 2. The largest absolute Gasteiger partial charge is 0.369 e. The van der Waals surface area contributed by atoms with E-state index in [2.05, 4.69) is 26.0 Å². The van der Waals surface area contributed by atoms with E-state index < -0.39 is 11.5 Å². The summed E-state index contributed by atoms with van der Waals surface area (Å²) in [4.78, 5) is 20.2. The van der Waals surface area contributed by atoms with Crippen LogP contribution >= 0.6 is 11.3 Å². The SMILES string of the molecule is [B]c1csc([C@@]2(C)N=C(N)N(C)C(=O)[C@@H]2c2ccc(C(C)C)cc2)c1. The van der Waals surface area contributed by atoms with E-state index in [1.54, 1.807) is 7.05 Å². The van der Waals surface area contributed by atoms with Gasteiger partial charge in [0.15, 0.2) is 5.96 Å². The summed E-state index contributed by atoms with van der Waals surface area (Å²) in [7, 11) is 7.58. The second kappa shape index (κ2) is 6.34. The Bertz CT molecular complexity index is 827. The minimum Gasteiger partial charge on any atom is -0.369 e. The van der Waals surface area contributed by atoms with Crippen molar-refractivity contribution < 1.29 is 4.79 Å². The smallest absolute Gasteiger partial charge is 0.239 e. The van der Waals surface area contributed by atoms with Crippen molar-refractivity contribution in [2.45, 2.75) is 38.1 Å². The van der Waals surface area contributed by atoms with Gasteiger partial charge in [0.1, 0.15) is 13.4 Å². The number of likely N-dealkylation sites (N-methyl/N-ethyl adjacent to an activating group) is 1. The lowest BCUT2D eigenvalue weighted by molar-refractivity contribution is -0.130. The van der Waals surface area contributed by atoms with Gasteiger partial charge in [-0.3, -0.25) is 9.69 Å². The molecule has 128 valence electrons. The van der Waals surface area contributed by atoms with E-state index in [4.69, 9.17) is 18.6 Å². The minimum atomic E-state index is -0.769. The topological polar surface area (TPSA) is 58.7 Å². The monoisotopic (exact) mass is 351 g/mol. The van der Waals surface area contributed by atoms with Crippen LogP contribution in [0.5, 0.6) is 0 Å². The number of hydrogen-bond acceptors (Lipinski definition) is 4. The Balaban J connectivity index is 2.14. The molecule has 4 nitrogen and oxygen atoms in total. The molecular weight excluding hydrogens is 329 g/mol.